The summed E-state index contributed by atoms with van der Waals surface area (Å²) in [6.07, 6.45) is 6.93. The van der Waals surface area contributed by atoms with Crippen molar-refractivity contribution < 1.29 is 4.74 Å². The van der Waals surface area contributed by atoms with Crippen LogP contribution in [0.5, 0.6) is 5.75 Å². The Morgan fingerprint density at radius 1 is 1.04 bits per heavy atom. The molecule has 0 bridgehead atoms. The normalized spacial score (nSPS) is 10.9. The number of rotatable bonds is 9. The van der Waals surface area contributed by atoms with Gasteiger partial charge in [0.2, 0.25) is 0 Å². The van der Waals surface area contributed by atoms with Crippen LogP contribution in [0.3, 0.4) is 0 Å². The highest BCUT2D eigenvalue weighted by atomic mass is 16.5. The average Bonchev–Trinajstić information content (AvgIpc) is 2.56. The number of anilines is 1. The van der Waals surface area contributed by atoms with E-state index in [2.05, 4.69) is 35.1 Å². The van der Waals surface area contributed by atoms with Crippen LogP contribution in [0.2, 0.25) is 0 Å². The monoisotopic (exact) mass is 313 g/mol. The summed E-state index contributed by atoms with van der Waals surface area (Å²) in [4.78, 5) is 6.42. The van der Waals surface area contributed by atoms with Crippen LogP contribution in [0.1, 0.15) is 24.5 Å². The Labute approximate surface area is 139 Å². The zero-order valence-corrected chi connectivity index (χ0v) is 14.2. The molecule has 0 radical (unpaired) electrons. The molecule has 2 aromatic rings. The van der Waals surface area contributed by atoms with Crippen LogP contribution in [0.15, 0.2) is 42.7 Å². The van der Waals surface area contributed by atoms with E-state index in [0.717, 1.165) is 43.8 Å². The number of nitrogen functional groups attached to an aromatic ring is 1. The number of aryl methyl sites for hydroxylation is 1. The summed E-state index contributed by atoms with van der Waals surface area (Å²) < 4.78 is 5.47. The van der Waals surface area contributed by atoms with E-state index in [1.807, 2.05) is 31.5 Å². The molecule has 124 valence electrons. The third kappa shape index (κ3) is 5.91. The molecular weight excluding hydrogens is 286 g/mol. The minimum absolute atomic E-state index is 0.645. The molecule has 1 aromatic heterocycles. The topological polar surface area (TPSA) is 51.4 Å². The van der Waals surface area contributed by atoms with E-state index in [-0.39, 0.29) is 0 Å². The molecule has 0 aliphatic rings. The Bertz CT molecular complexity index is 586. The zero-order valence-electron chi connectivity index (χ0n) is 14.2. The first-order valence-corrected chi connectivity index (χ1v) is 8.27. The molecule has 0 unspecified atom stereocenters. The van der Waals surface area contributed by atoms with Crippen molar-refractivity contribution in [3.8, 4) is 5.75 Å². The maximum Gasteiger partial charge on any atom is 0.142 e. The number of benzene rings is 1. The lowest BCUT2D eigenvalue weighted by atomic mass is 10.1. The molecule has 0 atom stereocenters. The van der Waals surface area contributed by atoms with Gasteiger partial charge in [-0.3, -0.25) is 4.98 Å². The van der Waals surface area contributed by atoms with Gasteiger partial charge in [-0.15, -0.1) is 0 Å². The largest absolute Gasteiger partial charge is 0.492 e. The summed E-state index contributed by atoms with van der Waals surface area (Å²) in [5, 5.41) is 0. The quantitative estimate of drug-likeness (QED) is 0.723. The van der Waals surface area contributed by atoms with Crippen molar-refractivity contribution in [1.82, 2.24) is 9.88 Å². The molecule has 2 N–H and O–H groups in total. The highest BCUT2D eigenvalue weighted by Gasteiger charge is 2.03. The predicted molar refractivity (Wildman–Crippen MR) is 95.8 cm³/mol. The van der Waals surface area contributed by atoms with E-state index in [4.69, 9.17) is 10.5 Å². The lowest BCUT2D eigenvalue weighted by Gasteiger charge is -2.16. The van der Waals surface area contributed by atoms with E-state index >= 15 is 0 Å². The number of hydrogen-bond acceptors (Lipinski definition) is 4. The number of hydrogen-bond donors (Lipinski definition) is 1. The van der Waals surface area contributed by atoms with Gasteiger partial charge in [-0.2, -0.15) is 0 Å². The first-order valence-electron chi connectivity index (χ1n) is 8.27. The lowest BCUT2D eigenvalue weighted by molar-refractivity contribution is 0.333. The maximum absolute atomic E-state index is 6.01. The first kappa shape index (κ1) is 17.3. The van der Waals surface area contributed by atoms with E-state index in [1.165, 1.54) is 11.1 Å². The van der Waals surface area contributed by atoms with Gasteiger partial charge in [0.15, 0.2) is 0 Å². The molecule has 2 rings (SSSR count). The lowest BCUT2D eigenvalue weighted by Crippen LogP contribution is -2.22. The Hall–Kier alpha value is -2.07. The Kier molecular flexibility index (Phi) is 6.88. The number of likely N-dealkylation sites (N-methyl/N-ethyl adjacent to an activating group) is 1. The highest BCUT2D eigenvalue weighted by Crippen LogP contribution is 2.23. The van der Waals surface area contributed by atoms with Crippen LogP contribution in [-0.2, 0) is 12.8 Å². The second kappa shape index (κ2) is 9.16. The maximum atomic E-state index is 6.01. The number of nitrogens with zero attached hydrogens (tertiary/aromatic N) is 2. The van der Waals surface area contributed by atoms with Crippen LogP contribution >= 0.6 is 0 Å². The van der Waals surface area contributed by atoms with Crippen molar-refractivity contribution in [2.75, 3.05) is 32.5 Å². The summed E-state index contributed by atoms with van der Waals surface area (Å²) >= 11 is 0. The molecule has 1 aromatic carbocycles. The summed E-state index contributed by atoms with van der Waals surface area (Å²) in [6, 6.07) is 10.3. The fourth-order valence-electron chi connectivity index (χ4n) is 2.57. The van der Waals surface area contributed by atoms with Crippen molar-refractivity contribution in [2.24, 2.45) is 0 Å². The van der Waals surface area contributed by atoms with Gasteiger partial charge in [-0.25, -0.2) is 0 Å². The van der Waals surface area contributed by atoms with Gasteiger partial charge < -0.3 is 15.4 Å². The van der Waals surface area contributed by atoms with Crippen LogP contribution in [-0.4, -0.2) is 36.6 Å². The predicted octanol–water partition coefficient (Wildman–Crippen LogP) is 3.17. The van der Waals surface area contributed by atoms with Crippen molar-refractivity contribution in [3.63, 3.8) is 0 Å². The molecule has 0 aliphatic carbocycles. The molecule has 0 spiro atoms. The summed E-state index contributed by atoms with van der Waals surface area (Å²) in [6.45, 7) is 4.76. The van der Waals surface area contributed by atoms with E-state index < -0.39 is 0 Å². The SMILES string of the molecule is CCOc1ccc(CCCN(C)CCc2ccncc2)cc1N. The number of nitrogens with two attached hydrogens (primary N) is 1. The van der Waals surface area contributed by atoms with Gasteiger partial charge in [-0.1, -0.05) is 6.07 Å². The Morgan fingerprint density at radius 3 is 2.52 bits per heavy atom. The average molecular weight is 313 g/mol. The van der Waals surface area contributed by atoms with Gasteiger partial charge in [-0.05, 0) is 75.2 Å². The minimum atomic E-state index is 0.645. The van der Waals surface area contributed by atoms with Crippen molar-refractivity contribution in [1.29, 1.82) is 0 Å². The first-order chi connectivity index (χ1) is 11.2. The molecule has 4 nitrogen and oxygen atoms in total. The Morgan fingerprint density at radius 2 is 1.83 bits per heavy atom. The minimum Gasteiger partial charge on any atom is -0.492 e. The molecule has 0 aliphatic heterocycles. The van der Waals surface area contributed by atoms with E-state index in [9.17, 15) is 0 Å². The fourth-order valence-corrected chi connectivity index (χ4v) is 2.57. The van der Waals surface area contributed by atoms with Crippen molar-refractivity contribution in [2.45, 2.75) is 26.2 Å². The van der Waals surface area contributed by atoms with Gasteiger partial charge in [0.1, 0.15) is 5.75 Å². The van der Waals surface area contributed by atoms with Crippen molar-refractivity contribution in [3.05, 3.63) is 53.9 Å². The van der Waals surface area contributed by atoms with Gasteiger partial charge >= 0.3 is 0 Å². The van der Waals surface area contributed by atoms with Gasteiger partial charge in [0, 0.05) is 18.9 Å². The zero-order chi connectivity index (χ0) is 16.5. The highest BCUT2D eigenvalue weighted by molar-refractivity contribution is 5.54. The fraction of sp³-hybridized carbons (Fsp3) is 0.421. The van der Waals surface area contributed by atoms with Crippen LogP contribution in [0, 0.1) is 0 Å². The number of pyridine rings is 1. The molecule has 1 heterocycles. The molecule has 0 amide bonds. The Balaban J connectivity index is 1.71. The third-order valence-corrected chi connectivity index (χ3v) is 3.91. The van der Waals surface area contributed by atoms with Crippen LogP contribution in [0.25, 0.3) is 0 Å². The third-order valence-electron chi connectivity index (χ3n) is 3.91. The van der Waals surface area contributed by atoms with E-state index in [1.54, 1.807) is 0 Å². The second-order valence-corrected chi connectivity index (χ2v) is 5.82. The summed E-state index contributed by atoms with van der Waals surface area (Å²) in [7, 11) is 2.17. The molecule has 0 saturated carbocycles. The molecule has 0 saturated heterocycles. The number of aromatic nitrogens is 1. The summed E-state index contributed by atoms with van der Waals surface area (Å²) in [5.41, 5.74) is 9.35. The summed E-state index contributed by atoms with van der Waals surface area (Å²) in [5.74, 6) is 0.783. The molecule has 4 heteroatoms. The second-order valence-electron chi connectivity index (χ2n) is 5.82. The van der Waals surface area contributed by atoms with Crippen LogP contribution in [0.4, 0.5) is 5.69 Å². The number of ether oxygens (including phenoxy) is 1. The standard InChI is InChI=1S/C19H27N3O/c1-3-23-19-7-6-17(15-18(19)20)5-4-13-22(2)14-10-16-8-11-21-12-9-16/h6-9,11-12,15H,3-5,10,13-14,20H2,1-2H3. The molecule has 0 fully saturated rings. The van der Waals surface area contributed by atoms with Gasteiger partial charge in [0.05, 0.1) is 12.3 Å². The van der Waals surface area contributed by atoms with Crippen molar-refractivity contribution >= 4 is 5.69 Å². The van der Waals surface area contributed by atoms with E-state index in [0.29, 0.717) is 6.61 Å². The molecule has 23 heavy (non-hydrogen) atoms. The molecular formula is C19H27N3O. The van der Waals surface area contributed by atoms with Gasteiger partial charge in [0.25, 0.3) is 0 Å². The smallest absolute Gasteiger partial charge is 0.142 e. The van der Waals surface area contributed by atoms with Crippen LogP contribution < -0.4 is 10.5 Å².